The number of piperidine rings is 1. The standard InChI is InChI=1S/C27H34N4O3/c1-20(2)33-24-12-6-8-21(18-24)9-7-15-28-27(32)23-13-16-31(17-14-23)19-25-29-26(30-34-25)22-10-4-3-5-11-22/h3-6,8,10-12,18,20,23H,7,9,13-17,19H2,1-2H3,(H,28,32). The van der Waals surface area contributed by atoms with Crippen LogP contribution >= 0.6 is 0 Å². The fraction of sp³-hybridized carbons (Fsp3) is 0.444. The fourth-order valence-corrected chi connectivity index (χ4v) is 4.26. The monoisotopic (exact) mass is 462 g/mol. The van der Waals surface area contributed by atoms with Crippen molar-refractivity contribution in [1.29, 1.82) is 0 Å². The SMILES string of the molecule is CC(C)Oc1cccc(CCCNC(=O)C2CCN(Cc3nc(-c4ccccc4)no3)CC2)c1. The van der Waals surface area contributed by atoms with E-state index in [4.69, 9.17) is 9.26 Å². The molecular weight excluding hydrogens is 428 g/mol. The van der Waals surface area contributed by atoms with Gasteiger partial charge in [0.25, 0.3) is 0 Å². The normalized spacial score (nSPS) is 14.9. The van der Waals surface area contributed by atoms with E-state index in [-0.39, 0.29) is 17.9 Å². The first-order valence-electron chi connectivity index (χ1n) is 12.2. The van der Waals surface area contributed by atoms with Crippen molar-refractivity contribution in [1.82, 2.24) is 20.4 Å². The number of aromatic nitrogens is 2. The van der Waals surface area contributed by atoms with Gasteiger partial charge < -0.3 is 14.6 Å². The molecule has 34 heavy (non-hydrogen) atoms. The number of carbonyl (C=O) groups is 1. The van der Waals surface area contributed by atoms with Crippen molar-refractivity contribution in [2.45, 2.75) is 52.2 Å². The number of hydrogen-bond donors (Lipinski definition) is 1. The van der Waals surface area contributed by atoms with Gasteiger partial charge in [-0.3, -0.25) is 9.69 Å². The maximum absolute atomic E-state index is 12.6. The fourth-order valence-electron chi connectivity index (χ4n) is 4.26. The van der Waals surface area contributed by atoms with Gasteiger partial charge in [-0.15, -0.1) is 0 Å². The van der Waals surface area contributed by atoms with E-state index >= 15 is 0 Å². The molecule has 0 saturated carbocycles. The Morgan fingerprint density at radius 2 is 1.94 bits per heavy atom. The summed E-state index contributed by atoms with van der Waals surface area (Å²) in [7, 11) is 0. The predicted octanol–water partition coefficient (Wildman–Crippen LogP) is 4.48. The number of likely N-dealkylation sites (tertiary alicyclic amines) is 1. The van der Waals surface area contributed by atoms with E-state index in [0.717, 1.165) is 50.1 Å². The van der Waals surface area contributed by atoms with Gasteiger partial charge in [0, 0.05) is 18.0 Å². The second-order valence-corrected chi connectivity index (χ2v) is 9.14. The van der Waals surface area contributed by atoms with Crippen LogP contribution in [-0.2, 0) is 17.8 Å². The molecule has 1 aromatic heterocycles. The molecule has 2 aromatic carbocycles. The van der Waals surface area contributed by atoms with Crippen molar-refractivity contribution in [2.24, 2.45) is 5.92 Å². The molecule has 7 nitrogen and oxygen atoms in total. The summed E-state index contributed by atoms with van der Waals surface area (Å²) in [6.45, 7) is 7.07. The van der Waals surface area contributed by atoms with Gasteiger partial charge in [-0.25, -0.2) is 0 Å². The Balaban J connectivity index is 1.15. The number of rotatable bonds is 10. The predicted molar refractivity (Wildman–Crippen MR) is 131 cm³/mol. The summed E-state index contributed by atoms with van der Waals surface area (Å²) < 4.78 is 11.2. The quantitative estimate of drug-likeness (QED) is 0.447. The van der Waals surface area contributed by atoms with Crippen LogP contribution in [0.25, 0.3) is 11.4 Å². The molecule has 0 aliphatic carbocycles. The Hall–Kier alpha value is -3.19. The number of ether oxygens (including phenoxy) is 1. The van der Waals surface area contributed by atoms with Crippen LogP contribution < -0.4 is 10.1 Å². The zero-order valence-electron chi connectivity index (χ0n) is 20.1. The summed E-state index contributed by atoms with van der Waals surface area (Å²) in [5.74, 6) is 2.37. The van der Waals surface area contributed by atoms with Crippen molar-refractivity contribution >= 4 is 5.91 Å². The van der Waals surface area contributed by atoms with Gasteiger partial charge in [0.1, 0.15) is 5.75 Å². The Morgan fingerprint density at radius 1 is 1.15 bits per heavy atom. The first kappa shape index (κ1) is 24.0. The van der Waals surface area contributed by atoms with Crippen molar-refractivity contribution in [2.75, 3.05) is 19.6 Å². The lowest BCUT2D eigenvalue weighted by Crippen LogP contribution is -2.40. The molecule has 0 unspecified atom stereocenters. The summed E-state index contributed by atoms with van der Waals surface area (Å²) in [4.78, 5) is 19.4. The van der Waals surface area contributed by atoms with Gasteiger partial charge in [0.05, 0.1) is 12.6 Å². The molecule has 1 amide bonds. The molecule has 1 aliphatic heterocycles. The topological polar surface area (TPSA) is 80.5 Å². The maximum atomic E-state index is 12.6. The number of nitrogens with one attached hydrogen (secondary N) is 1. The van der Waals surface area contributed by atoms with E-state index in [2.05, 4.69) is 32.5 Å². The summed E-state index contributed by atoms with van der Waals surface area (Å²) >= 11 is 0. The smallest absolute Gasteiger partial charge is 0.241 e. The van der Waals surface area contributed by atoms with Crippen LogP contribution in [0.5, 0.6) is 5.75 Å². The first-order valence-corrected chi connectivity index (χ1v) is 12.2. The number of benzene rings is 2. The molecule has 0 bridgehead atoms. The summed E-state index contributed by atoms with van der Waals surface area (Å²) in [6, 6.07) is 18.0. The van der Waals surface area contributed by atoms with Crippen LogP contribution in [0, 0.1) is 5.92 Å². The maximum Gasteiger partial charge on any atom is 0.241 e. The lowest BCUT2D eigenvalue weighted by atomic mass is 9.96. The molecular formula is C27H34N4O3. The number of amides is 1. The lowest BCUT2D eigenvalue weighted by molar-refractivity contribution is -0.126. The minimum Gasteiger partial charge on any atom is -0.491 e. The first-order chi connectivity index (χ1) is 16.6. The molecule has 1 saturated heterocycles. The third-order valence-electron chi connectivity index (χ3n) is 6.03. The highest BCUT2D eigenvalue weighted by Gasteiger charge is 2.25. The largest absolute Gasteiger partial charge is 0.491 e. The summed E-state index contributed by atoms with van der Waals surface area (Å²) in [6.07, 6.45) is 3.69. The van der Waals surface area contributed by atoms with Gasteiger partial charge in [0.2, 0.25) is 17.6 Å². The molecule has 1 N–H and O–H groups in total. The van der Waals surface area contributed by atoms with E-state index < -0.39 is 0 Å². The Kier molecular flexibility index (Phi) is 8.31. The van der Waals surface area contributed by atoms with Crippen LogP contribution in [0.15, 0.2) is 59.1 Å². The van der Waals surface area contributed by atoms with Gasteiger partial charge >= 0.3 is 0 Å². The molecule has 7 heteroatoms. The third kappa shape index (κ3) is 6.90. The van der Waals surface area contributed by atoms with E-state index in [1.165, 1.54) is 5.56 Å². The van der Waals surface area contributed by atoms with Crippen molar-refractivity contribution in [3.63, 3.8) is 0 Å². The highest BCUT2D eigenvalue weighted by Crippen LogP contribution is 2.21. The van der Waals surface area contributed by atoms with Gasteiger partial charge in [0.15, 0.2) is 0 Å². The van der Waals surface area contributed by atoms with Crippen molar-refractivity contribution in [3.8, 4) is 17.1 Å². The summed E-state index contributed by atoms with van der Waals surface area (Å²) in [5, 5.41) is 7.22. The van der Waals surface area contributed by atoms with Gasteiger partial charge in [-0.2, -0.15) is 4.98 Å². The van der Waals surface area contributed by atoms with Crippen molar-refractivity contribution < 1.29 is 14.1 Å². The number of aryl methyl sites for hydroxylation is 1. The third-order valence-corrected chi connectivity index (χ3v) is 6.03. The molecule has 1 fully saturated rings. The number of nitrogens with zero attached hydrogens (tertiary/aromatic N) is 3. The molecule has 1 aliphatic rings. The second-order valence-electron chi connectivity index (χ2n) is 9.14. The second kappa shape index (κ2) is 11.8. The van der Waals surface area contributed by atoms with Crippen LogP contribution in [0.2, 0.25) is 0 Å². The Morgan fingerprint density at radius 3 is 2.71 bits per heavy atom. The van der Waals surface area contributed by atoms with E-state index in [1.807, 2.05) is 56.3 Å². The minimum absolute atomic E-state index is 0.0709. The molecule has 180 valence electrons. The van der Waals surface area contributed by atoms with E-state index in [9.17, 15) is 4.79 Å². The van der Waals surface area contributed by atoms with Crippen LogP contribution in [-0.4, -0.2) is 46.7 Å². The van der Waals surface area contributed by atoms with Crippen molar-refractivity contribution in [3.05, 3.63) is 66.1 Å². The highest BCUT2D eigenvalue weighted by atomic mass is 16.5. The molecule has 4 rings (SSSR count). The Bertz CT molecular complexity index is 1040. The molecule has 2 heterocycles. The van der Waals surface area contributed by atoms with E-state index in [1.54, 1.807) is 0 Å². The number of carbonyl (C=O) groups excluding carboxylic acids is 1. The zero-order chi connectivity index (χ0) is 23.8. The van der Waals surface area contributed by atoms with Gasteiger partial charge in [-0.1, -0.05) is 47.6 Å². The highest BCUT2D eigenvalue weighted by molar-refractivity contribution is 5.78. The zero-order valence-corrected chi connectivity index (χ0v) is 20.1. The minimum atomic E-state index is 0.0709. The molecule has 0 spiro atoms. The van der Waals surface area contributed by atoms with Crippen LogP contribution in [0.3, 0.4) is 0 Å². The van der Waals surface area contributed by atoms with E-state index in [0.29, 0.717) is 24.8 Å². The average Bonchev–Trinajstić information content (AvgIpc) is 3.31. The average molecular weight is 463 g/mol. The van der Waals surface area contributed by atoms with Gasteiger partial charge in [-0.05, 0) is 70.3 Å². The lowest BCUT2D eigenvalue weighted by Gasteiger charge is -2.30. The Labute approximate surface area is 201 Å². The number of hydrogen-bond acceptors (Lipinski definition) is 6. The van der Waals surface area contributed by atoms with Crippen LogP contribution in [0.4, 0.5) is 0 Å². The molecule has 0 radical (unpaired) electrons. The summed E-state index contributed by atoms with van der Waals surface area (Å²) in [5.41, 5.74) is 2.18. The van der Waals surface area contributed by atoms with Crippen LogP contribution in [0.1, 0.15) is 44.6 Å². The molecule has 3 aromatic rings. The molecule has 0 atom stereocenters.